The summed E-state index contributed by atoms with van der Waals surface area (Å²) in [6.07, 6.45) is 8.84. The maximum Gasteiger partial charge on any atom is 0.327 e. The number of carboxylic acid groups (broad SMARTS) is 1. The van der Waals surface area contributed by atoms with Gasteiger partial charge in [-0.15, -0.1) is 0 Å². The SMILES string of the molecule is CC(=O)OCCCCCCC/C=C/C(=O)O. The van der Waals surface area contributed by atoms with E-state index in [0.717, 1.165) is 38.5 Å². The Morgan fingerprint density at radius 2 is 1.75 bits per heavy atom. The molecule has 0 saturated carbocycles. The summed E-state index contributed by atoms with van der Waals surface area (Å²) in [7, 11) is 0. The molecule has 0 rings (SSSR count). The average molecular weight is 228 g/mol. The van der Waals surface area contributed by atoms with Crippen molar-refractivity contribution in [2.75, 3.05) is 6.61 Å². The molecule has 0 spiro atoms. The van der Waals surface area contributed by atoms with Crippen molar-refractivity contribution >= 4 is 11.9 Å². The summed E-state index contributed by atoms with van der Waals surface area (Å²) in [6.45, 7) is 1.92. The first-order valence-corrected chi connectivity index (χ1v) is 5.65. The van der Waals surface area contributed by atoms with Gasteiger partial charge >= 0.3 is 11.9 Å². The smallest absolute Gasteiger partial charge is 0.327 e. The molecule has 1 N–H and O–H groups in total. The van der Waals surface area contributed by atoms with Crippen LogP contribution in [0, 0.1) is 0 Å². The van der Waals surface area contributed by atoms with Gasteiger partial charge in [0.05, 0.1) is 6.61 Å². The van der Waals surface area contributed by atoms with Gasteiger partial charge in [-0.2, -0.15) is 0 Å². The highest BCUT2D eigenvalue weighted by molar-refractivity contribution is 5.79. The van der Waals surface area contributed by atoms with Crippen molar-refractivity contribution in [3.8, 4) is 0 Å². The highest BCUT2D eigenvalue weighted by Crippen LogP contribution is 2.06. The fourth-order valence-electron chi connectivity index (χ4n) is 1.29. The second-order valence-corrected chi connectivity index (χ2v) is 3.64. The molecule has 0 fully saturated rings. The largest absolute Gasteiger partial charge is 0.478 e. The van der Waals surface area contributed by atoms with Crippen LogP contribution in [0.1, 0.15) is 45.4 Å². The first-order valence-electron chi connectivity index (χ1n) is 5.65. The monoisotopic (exact) mass is 228 g/mol. The molecule has 0 unspecified atom stereocenters. The van der Waals surface area contributed by atoms with Gasteiger partial charge < -0.3 is 9.84 Å². The van der Waals surface area contributed by atoms with Crippen LogP contribution < -0.4 is 0 Å². The standard InChI is InChI=1S/C12H20O4/c1-11(13)16-10-8-6-4-2-3-5-7-9-12(14)15/h7,9H,2-6,8,10H2,1H3,(H,14,15)/b9-7+. The Labute approximate surface area is 96.3 Å². The van der Waals surface area contributed by atoms with E-state index in [0.29, 0.717) is 6.61 Å². The molecule has 0 atom stereocenters. The Balaban J connectivity index is 3.10. The fourth-order valence-corrected chi connectivity index (χ4v) is 1.29. The van der Waals surface area contributed by atoms with Crippen LogP contribution >= 0.6 is 0 Å². The number of hydrogen-bond acceptors (Lipinski definition) is 3. The molecule has 4 heteroatoms. The lowest BCUT2D eigenvalue weighted by Gasteiger charge is -2.01. The molecule has 0 aliphatic heterocycles. The van der Waals surface area contributed by atoms with Crippen molar-refractivity contribution in [3.63, 3.8) is 0 Å². The fraction of sp³-hybridized carbons (Fsp3) is 0.667. The van der Waals surface area contributed by atoms with Gasteiger partial charge in [0.2, 0.25) is 0 Å². The molecule has 0 heterocycles. The van der Waals surface area contributed by atoms with Gasteiger partial charge in [0, 0.05) is 13.0 Å². The molecule has 0 aliphatic rings. The van der Waals surface area contributed by atoms with Crippen molar-refractivity contribution in [1.29, 1.82) is 0 Å². The Hall–Kier alpha value is -1.32. The minimum absolute atomic E-state index is 0.223. The lowest BCUT2D eigenvalue weighted by molar-refractivity contribution is -0.141. The highest BCUT2D eigenvalue weighted by atomic mass is 16.5. The van der Waals surface area contributed by atoms with Crippen LogP contribution in [0.15, 0.2) is 12.2 Å². The third kappa shape index (κ3) is 12.7. The van der Waals surface area contributed by atoms with E-state index < -0.39 is 5.97 Å². The van der Waals surface area contributed by atoms with Crippen LogP contribution in [0.2, 0.25) is 0 Å². The normalized spacial score (nSPS) is 10.6. The topological polar surface area (TPSA) is 63.6 Å². The Morgan fingerprint density at radius 1 is 1.12 bits per heavy atom. The van der Waals surface area contributed by atoms with E-state index in [1.165, 1.54) is 13.0 Å². The molecular formula is C12H20O4. The summed E-state index contributed by atoms with van der Waals surface area (Å²) in [6, 6.07) is 0. The van der Waals surface area contributed by atoms with Gasteiger partial charge in [0.15, 0.2) is 0 Å². The van der Waals surface area contributed by atoms with Gasteiger partial charge in [-0.05, 0) is 19.3 Å². The molecule has 92 valence electrons. The number of carbonyl (C=O) groups is 2. The summed E-state index contributed by atoms with van der Waals surface area (Å²) >= 11 is 0. The second-order valence-electron chi connectivity index (χ2n) is 3.64. The van der Waals surface area contributed by atoms with Crippen molar-refractivity contribution in [3.05, 3.63) is 12.2 Å². The molecule has 4 nitrogen and oxygen atoms in total. The third-order valence-corrected chi connectivity index (χ3v) is 2.08. The van der Waals surface area contributed by atoms with Crippen LogP contribution in [0.5, 0.6) is 0 Å². The number of hydrogen-bond donors (Lipinski definition) is 1. The van der Waals surface area contributed by atoms with E-state index in [-0.39, 0.29) is 5.97 Å². The molecule has 0 aromatic rings. The molecule has 0 bridgehead atoms. The predicted octanol–water partition coefficient (Wildman–Crippen LogP) is 2.53. The Bertz CT molecular complexity index is 233. The van der Waals surface area contributed by atoms with Gasteiger partial charge in [-0.3, -0.25) is 4.79 Å². The molecule has 0 saturated heterocycles. The Kier molecular flexibility index (Phi) is 9.36. The number of rotatable bonds is 9. The molecular weight excluding hydrogens is 208 g/mol. The number of ether oxygens (including phenoxy) is 1. The van der Waals surface area contributed by atoms with Crippen LogP contribution in [0.3, 0.4) is 0 Å². The van der Waals surface area contributed by atoms with Crippen LogP contribution in [-0.4, -0.2) is 23.7 Å². The minimum Gasteiger partial charge on any atom is -0.478 e. The van der Waals surface area contributed by atoms with Crippen molar-refractivity contribution in [2.45, 2.75) is 45.4 Å². The van der Waals surface area contributed by atoms with Gasteiger partial charge in [0.25, 0.3) is 0 Å². The zero-order valence-electron chi connectivity index (χ0n) is 9.78. The molecule has 0 aliphatic carbocycles. The molecule has 0 aromatic heterocycles. The van der Waals surface area contributed by atoms with Crippen LogP contribution in [0.25, 0.3) is 0 Å². The van der Waals surface area contributed by atoms with E-state index in [2.05, 4.69) is 0 Å². The number of allylic oxidation sites excluding steroid dienone is 1. The summed E-state index contributed by atoms with van der Waals surface area (Å²) in [5.74, 6) is -1.11. The van der Waals surface area contributed by atoms with Crippen LogP contribution in [-0.2, 0) is 14.3 Å². The first-order chi connectivity index (χ1) is 7.63. The zero-order chi connectivity index (χ0) is 12.2. The molecule has 0 radical (unpaired) electrons. The second kappa shape index (κ2) is 10.2. The lowest BCUT2D eigenvalue weighted by atomic mass is 10.1. The van der Waals surface area contributed by atoms with E-state index in [1.807, 2.05) is 0 Å². The Morgan fingerprint density at radius 3 is 2.38 bits per heavy atom. The number of carbonyl (C=O) groups excluding carboxylic acids is 1. The van der Waals surface area contributed by atoms with E-state index in [1.54, 1.807) is 6.08 Å². The van der Waals surface area contributed by atoms with E-state index >= 15 is 0 Å². The predicted molar refractivity (Wildman–Crippen MR) is 61.1 cm³/mol. The quantitative estimate of drug-likeness (QED) is 0.374. The van der Waals surface area contributed by atoms with E-state index in [4.69, 9.17) is 9.84 Å². The van der Waals surface area contributed by atoms with Crippen LogP contribution in [0.4, 0.5) is 0 Å². The van der Waals surface area contributed by atoms with Gasteiger partial charge in [-0.25, -0.2) is 4.79 Å². The van der Waals surface area contributed by atoms with Crippen molar-refractivity contribution in [2.24, 2.45) is 0 Å². The highest BCUT2D eigenvalue weighted by Gasteiger charge is 1.93. The first kappa shape index (κ1) is 14.7. The van der Waals surface area contributed by atoms with E-state index in [9.17, 15) is 9.59 Å². The van der Waals surface area contributed by atoms with Crippen molar-refractivity contribution < 1.29 is 19.4 Å². The number of carboxylic acids is 1. The molecule has 0 aromatic carbocycles. The zero-order valence-corrected chi connectivity index (χ0v) is 9.78. The summed E-state index contributed by atoms with van der Waals surface area (Å²) in [4.78, 5) is 20.6. The minimum atomic E-state index is -0.888. The molecule has 0 amide bonds. The van der Waals surface area contributed by atoms with Gasteiger partial charge in [-0.1, -0.05) is 25.3 Å². The van der Waals surface area contributed by atoms with Gasteiger partial charge in [0.1, 0.15) is 0 Å². The average Bonchev–Trinajstić information content (AvgIpc) is 2.20. The molecule has 16 heavy (non-hydrogen) atoms. The summed E-state index contributed by atoms with van der Waals surface area (Å²) in [5.41, 5.74) is 0. The van der Waals surface area contributed by atoms with Crippen molar-refractivity contribution in [1.82, 2.24) is 0 Å². The maximum absolute atomic E-state index is 10.4. The number of aliphatic carboxylic acids is 1. The summed E-state index contributed by atoms with van der Waals surface area (Å²) in [5, 5.41) is 8.33. The summed E-state index contributed by atoms with van der Waals surface area (Å²) < 4.78 is 4.80. The maximum atomic E-state index is 10.4. The third-order valence-electron chi connectivity index (χ3n) is 2.08. The number of esters is 1. The lowest BCUT2D eigenvalue weighted by Crippen LogP contribution is -1.99. The number of unbranched alkanes of at least 4 members (excludes halogenated alkanes) is 5.